The molecule has 8 heteroatoms. The van der Waals surface area contributed by atoms with Gasteiger partial charge in [-0.3, -0.25) is 9.59 Å². The lowest BCUT2D eigenvalue weighted by Gasteiger charge is -2.27. The number of nitrogens with zero attached hydrogens (tertiary/aromatic N) is 2. The van der Waals surface area contributed by atoms with Gasteiger partial charge in [-0.15, -0.1) is 11.3 Å². The Morgan fingerprint density at radius 2 is 2.26 bits per heavy atom. The highest BCUT2D eigenvalue weighted by atomic mass is 32.2. The lowest BCUT2D eigenvalue weighted by atomic mass is 9.90. The molecule has 0 saturated heterocycles. The molecule has 0 unspecified atom stereocenters. The lowest BCUT2D eigenvalue weighted by molar-refractivity contribution is -0.142. The third-order valence-corrected chi connectivity index (χ3v) is 5.34. The van der Waals surface area contributed by atoms with Crippen molar-refractivity contribution in [3.63, 3.8) is 0 Å². The first-order chi connectivity index (χ1) is 10.8. The largest absolute Gasteiger partial charge is 0.466 e. The molecular formula is C15H21N3O3S2. The molecule has 1 amide bonds. The summed E-state index contributed by atoms with van der Waals surface area (Å²) in [4.78, 5) is 27.7. The van der Waals surface area contributed by atoms with Gasteiger partial charge < -0.3 is 10.1 Å². The third kappa shape index (κ3) is 6.20. The van der Waals surface area contributed by atoms with Crippen molar-refractivity contribution >= 4 is 35.0 Å². The Morgan fingerprint density at radius 1 is 1.57 bits per heavy atom. The number of hydrogen-bond donors (Lipinski definition) is 1. The van der Waals surface area contributed by atoms with Crippen LogP contribution in [0.25, 0.3) is 0 Å². The minimum atomic E-state index is -0.879. The predicted molar refractivity (Wildman–Crippen MR) is 90.2 cm³/mol. The van der Waals surface area contributed by atoms with Gasteiger partial charge in [0, 0.05) is 5.38 Å². The van der Waals surface area contributed by atoms with Gasteiger partial charge in [0.25, 0.3) is 0 Å². The summed E-state index contributed by atoms with van der Waals surface area (Å²) in [6.07, 6.45) is 0.136. The zero-order valence-electron chi connectivity index (χ0n) is 13.7. The van der Waals surface area contributed by atoms with Crippen LogP contribution in [0, 0.1) is 17.2 Å². The maximum absolute atomic E-state index is 12.0. The van der Waals surface area contributed by atoms with Crippen LogP contribution in [0.4, 0.5) is 0 Å². The number of nitriles is 1. The third-order valence-electron chi connectivity index (χ3n) is 3.27. The van der Waals surface area contributed by atoms with Gasteiger partial charge in [0.2, 0.25) is 5.91 Å². The smallest absolute Gasteiger partial charge is 0.311 e. The molecule has 1 atom stereocenters. The predicted octanol–water partition coefficient (Wildman–Crippen LogP) is 2.40. The van der Waals surface area contributed by atoms with Crippen LogP contribution < -0.4 is 5.32 Å². The number of ether oxygens (including phenoxy) is 1. The molecular weight excluding hydrogens is 334 g/mol. The number of aromatic nitrogens is 1. The number of nitrogens with one attached hydrogen (secondary N) is 1. The molecule has 1 rings (SSSR count). The second kappa shape index (κ2) is 8.89. The number of hydrogen-bond acceptors (Lipinski definition) is 7. The SMILES string of the molecule is CCOC(=O)Cc1csc(SCC(=O)N[C@](C)(C#N)C(C)C)n1. The average Bonchev–Trinajstić information content (AvgIpc) is 2.92. The van der Waals surface area contributed by atoms with Gasteiger partial charge in [-0.1, -0.05) is 25.6 Å². The zero-order valence-corrected chi connectivity index (χ0v) is 15.3. The normalized spacial score (nSPS) is 13.2. The second-order valence-electron chi connectivity index (χ2n) is 5.39. The van der Waals surface area contributed by atoms with Gasteiger partial charge in [-0.25, -0.2) is 4.98 Å². The number of carbonyl (C=O) groups excluding carboxylic acids is 2. The molecule has 0 radical (unpaired) electrons. The van der Waals surface area contributed by atoms with Gasteiger partial charge in [0.05, 0.1) is 30.5 Å². The number of rotatable bonds is 8. The van der Waals surface area contributed by atoms with Crippen molar-refractivity contribution in [2.75, 3.05) is 12.4 Å². The molecule has 1 aromatic rings. The van der Waals surface area contributed by atoms with Crippen LogP contribution in [0.3, 0.4) is 0 Å². The number of thioether (sulfide) groups is 1. The Balaban J connectivity index is 2.50. The molecule has 0 aromatic carbocycles. The molecule has 6 nitrogen and oxygen atoms in total. The highest BCUT2D eigenvalue weighted by Crippen LogP contribution is 2.23. The van der Waals surface area contributed by atoms with Crippen LogP contribution in [0.15, 0.2) is 9.72 Å². The summed E-state index contributed by atoms with van der Waals surface area (Å²) in [5.41, 5.74) is -0.240. The monoisotopic (exact) mass is 355 g/mol. The topological polar surface area (TPSA) is 92.1 Å². The summed E-state index contributed by atoms with van der Waals surface area (Å²) < 4.78 is 5.58. The molecule has 0 aliphatic rings. The number of amides is 1. The van der Waals surface area contributed by atoms with Crippen LogP contribution in [-0.2, 0) is 20.7 Å². The minimum Gasteiger partial charge on any atom is -0.466 e. The zero-order chi connectivity index (χ0) is 17.5. The van der Waals surface area contributed by atoms with E-state index in [9.17, 15) is 14.9 Å². The van der Waals surface area contributed by atoms with Crippen LogP contribution in [-0.4, -0.2) is 34.8 Å². The van der Waals surface area contributed by atoms with E-state index >= 15 is 0 Å². The van der Waals surface area contributed by atoms with Crippen molar-refractivity contribution in [1.82, 2.24) is 10.3 Å². The molecule has 1 aromatic heterocycles. The first kappa shape index (κ1) is 19.5. The van der Waals surface area contributed by atoms with Crippen LogP contribution in [0.1, 0.15) is 33.4 Å². The fourth-order valence-corrected chi connectivity index (χ4v) is 3.19. The maximum atomic E-state index is 12.0. The fraction of sp³-hybridized carbons (Fsp3) is 0.600. The van der Waals surface area contributed by atoms with E-state index in [-0.39, 0.29) is 30.0 Å². The van der Waals surface area contributed by atoms with Crippen molar-refractivity contribution in [2.24, 2.45) is 5.92 Å². The Hall–Kier alpha value is -1.59. The van der Waals surface area contributed by atoms with Crippen molar-refractivity contribution in [3.05, 3.63) is 11.1 Å². The van der Waals surface area contributed by atoms with Gasteiger partial charge in [-0.05, 0) is 19.8 Å². The molecule has 0 fully saturated rings. The Morgan fingerprint density at radius 3 is 2.83 bits per heavy atom. The van der Waals surface area contributed by atoms with Gasteiger partial charge in [0.1, 0.15) is 5.54 Å². The summed E-state index contributed by atoms with van der Waals surface area (Å²) in [5.74, 6) is -0.336. The van der Waals surface area contributed by atoms with E-state index in [1.807, 2.05) is 13.8 Å². The number of esters is 1. The van der Waals surface area contributed by atoms with Crippen LogP contribution in [0.5, 0.6) is 0 Å². The van der Waals surface area contributed by atoms with Crippen LogP contribution >= 0.6 is 23.1 Å². The van der Waals surface area contributed by atoms with E-state index in [2.05, 4.69) is 16.4 Å². The van der Waals surface area contributed by atoms with Gasteiger partial charge in [0.15, 0.2) is 4.34 Å². The maximum Gasteiger partial charge on any atom is 0.311 e. The Kier molecular flexibility index (Phi) is 7.52. The Labute approximate surface area is 144 Å². The summed E-state index contributed by atoms with van der Waals surface area (Å²) in [6, 6.07) is 2.14. The van der Waals surface area contributed by atoms with E-state index < -0.39 is 5.54 Å². The summed E-state index contributed by atoms with van der Waals surface area (Å²) in [6.45, 7) is 7.59. The molecule has 0 aliphatic heterocycles. The highest BCUT2D eigenvalue weighted by Gasteiger charge is 2.29. The molecule has 1 heterocycles. The van der Waals surface area contributed by atoms with E-state index in [0.717, 1.165) is 0 Å². The van der Waals surface area contributed by atoms with E-state index in [0.29, 0.717) is 16.6 Å². The first-order valence-electron chi connectivity index (χ1n) is 7.25. The molecule has 23 heavy (non-hydrogen) atoms. The van der Waals surface area contributed by atoms with E-state index in [4.69, 9.17) is 4.74 Å². The number of carbonyl (C=O) groups is 2. The van der Waals surface area contributed by atoms with Crippen molar-refractivity contribution in [1.29, 1.82) is 5.26 Å². The minimum absolute atomic E-state index is 0.0116. The summed E-state index contributed by atoms with van der Waals surface area (Å²) in [5, 5.41) is 13.7. The molecule has 126 valence electrons. The Bertz CT molecular complexity index is 595. The average molecular weight is 355 g/mol. The first-order valence-corrected chi connectivity index (χ1v) is 9.12. The van der Waals surface area contributed by atoms with Gasteiger partial charge >= 0.3 is 5.97 Å². The highest BCUT2D eigenvalue weighted by molar-refractivity contribution is 8.01. The molecule has 0 spiro atoms. The molecule has 0 aliphatic carbocycles. The van der Waals surface area contributed by atoms with Crippen LogP contribution in [0.2, 0.25) is 0 Å². The lowest BCUT2D eigenvalue weighted by Crippen LogP contribution is -2.49. The quantitative estimate of drug-likeness (QED) is 0.569. The van der Waals surface area contributed by atoms with E-state index in [1.165, 1.54) is 23.1 Å². The van der Waals surface area contributed by atoms with Gasteiger partial charge in [-0.2, -0.15) is 5.26 Å². The molecule has 1 N–H and O–H groups in total. The van der Waals surface area contributed by atoms with E-state index in [1.54, 1.807) is 19.2 Å². The standard InChI is InChI=1S/C15H21N3O3S2/c1-5-21-13(20)6-11-7-22-14(17-11)23-8-12(19)18-15(4,9-16)10(2)3/h7,10H,5-6,8H2,1-4H3,(H,18,19)/t15-/m1/s1. The fourth-order valence-electron chi connectivity index (χ4n) is 1.55. The van der Waals surface area contributed by atoms with Crippen molar-refractivity contribution < 1.29 is 14.3 Å². The molecule has 0 saturated carbocycles. The second-order valence-corrected chi connectivity index (χ2v) is 7.47. The van der Waals surface area contributed by atoms with Crippen molar-refractivity contribution in [2.45, 2.75) is 44.0 Å². The molecule has 0 bridgehead atoms. The van der Waals surface area contributed by atoms with Crippen molar-refractivity contribution in [3.8, 4) is 6.07 Å². The summed E-state index contributed by atoms with van der Waals surface area (Å²) >= 11 is 2.67. The number of thiazole rings is 1. The summed E-state index contributed by atoms with van der Waals surface area (Å²) in [7, 11) is 0.